The third-order valence-corrected chi connectivity index (χ3v) is 11.6. The van der Waals surface area contributed by atoms with E-state index in [1.807, 2.05) is 0 Å². The van der Waals surface area contributed by atoms with Crippen LogP contribution in [0.25, 0.3) is 76.9 Å². The van der Waals surface area contributed by atoms with Gasteiger partial charge in [0.1, 0.15) is 0 Å². The molecule has 9 aromatic rings. The molecule has 2 atom stereocenters. The second-order valence-electron chi connectivity index (χ2n) is 14.5. The van der Waals surface area contributed by atoms with E-state index in [9.17, 15) is 0 Å². The van der Waals surface area contributed by atoms with E-state index in [0.29, 0.717) is 11.8 Å². The van der Waals surface area contributed by atoms with E-state index in [1.165, 1.54) is 93.6 Å². The maximum absolute atomic E-state index is 2.55. The van der Waals surface area contributed by atoms with Crippen LogP contribution in [0.3, 0.4) is 0 Å². The molecule has 1 aromatic heterocycles. The van der Waals surface area contributed by atoms with Crippen LogP contribution in [0.4, 0.5) is 0 Å². The molecule has 2 aliphatic carbocycles. The quantitative estimate of drug-likeness (QED) is 0.165. The number of nitrogens with zero attached hydrogens (tertiary/aromatic N) is 1. The highest BCUT2D eigenvalue weighted by molar-refractivity contribution is 6.13. The Morgan fingerprint density at radius 2 is 1.08 bits per heavy atom. The van der Waals surface area contributed by atoms with Gasteiger partial charge < -0.3 is 4.57 Å². The van der Waals surface area contributed by atoms with E-state index >= 15 is 0 Å². The topological polar surface area (TPSA) is 4.93 Å². The number of rotatable bonds is 4. The van der Waals surface area contributed by atoms with Crippen LogP contribution in [0.2, 0.25) is 0 Å². The summed E-state index contributed by atoms with van der Waals surface area (Å²) in [5, 5.41) is 7.82. The van der Waals surface area contributed by atoms with E-state index in [4.69, 9.17) is 0 Å². The van der Waals surface area contributed by atoms with Crippen LogP contribution in [0, 0.1) is 5.92 Å². The van der Waals surface area contributed by atoms with Gasteiger partial charge in [0.15, 0.2) is 0 Å². The lowest BCUT2D eigenvalue weighted by Gasteiger charge is -2.21. The van der Waals surface area contributed by atoms with E-state index < -0.39 is 0 Å². The molecule has 0 spiro atoms. The summed E-state index contributed by atoms with van der Waals surface area (Å²) in [6.07, 6.45) is 8.44. The summed E-state index contributed by atoms with van der Waals surface area (Å²) in [4.78, 5) is 0. The molecule has 1 heterocycles. The summed E-state index contributed by atoms with van der Waals surface area (Å²) >= 11 is 0. The lowest BCUT2D eigenvalue weighted by molar-refractivity contribution is 0.632. The molecule has 244 valence electrons. The van der Waals surface area contributed by atoms with Crippen molar-refractivity contribution in [3.8, 4) is 27.9 Å². The Kier molecular flexibility index (Phi) is 6.51. The Morgan fingerprint density at radius 1 is 0.462 bits per heavy atom. The van der Waals surface area contributed by atoms with Gasteiger partial charge in [0.25, 0.3) is 0 Å². The summed E-state index contributed by atoms with van der Waals surface area (Å²) < 4.78 is 2.48. The maximum atomic E-state index is 2.55. The predicted octanol–water partition coefficient (Wildman–Crippen LogP) is 13.3. The molecule has 2 aliphatic rings. The highest BCUT2D eigenvalue weighted by Crippen LogP contribution is 2.46. The predicted molar refractivity (Wildman–Crippen MR) is 220 cm³/mol. The number of fused-ring (bicyclic) bond motifs is 9. The molecule has 0 radical (unpaired) electrons. The van der Waals surface area contributed by atoms with Crippen LogP contribution in [-0.4, -0.2) is 4.57 Å². The van der Waals surface area contributed by atoms with Gasteiger partial charge in [-0.2, -0.15) is 0 Å². The smallest absolute Gasteiger partial charge is 0.0541 e. The minimum Gasteiger partial charge on any atom is -0.309 e. The van der Waals surface area contributed by atoms with Crippen LogP contribution in [0.1, 0.15) is 22.6 Å². The zero-order valence-corrected chi connectivity index (χ0v) is 28.7. The molecule has 0 saturated heterocycles. The van der Waals surface area contributed by atoms with Gasteiger partial charge in [-0.05, 0) is 121 Å². The molecule has 0 aliphatic heterocycles. The van der Waals surface area contributed by atoms with Crippen LogP contribution in [-0.2, 0) is 6.42 Å². The molecule has 0 fully saturated rings. The van der Waals surface area contributed by atoms with Crippen LogP contribution < -0.4 is 0 Å². The van der Waals surface area contributed by atoms with Crippen molar-refractivity contribution in [3.63, 3.8) is 0 Å². The van der Waals surface area contributed by atoms with E-state index in [1.54, 1.807) is 0 Å². The van der Waals surface area contributed by atoms with Crippen molar-refractivity contribution in [2.75, 3.05) is 0 Å². The van der Waals surface area contributed by atoms with Crippen LogP contribution in [0.15, 0.2) is 188 Å². The molecule has 0 N–H and O–H groups in total. The molecule has 0 amide bonds. The van der Waals surface area contributed by atoms with Crippen molar-refractivity contribution in [1.82, 2.24) is 4.57 Å². The Balaban J connectivity index is 1.02. The number of hydrogen-bond acceptors (Lipinski definition) is 0. The number of aromatic nitrogens is 1. The summed E-state index contributed by atoms with van der Waals surface area (Å²) in [5.74, 6) is 0.843. The Morgan fingerprint density at radius 3 is 1.77 bits per heavy atom. The zero-order chi connectivity index (χ0) is 34.2. The van der Waals surface area contributed by atoms with Crippen LogP contribution in [0.5, 0.6) is 0 Å². The van der Waals surface area contributed by atoms with Gasteiger partial charge in [-0.15, -0.1) is 0 Å². The SMILES string of the molecule is C1=CC2c3ccc(-n4c5ccc(-c6ccccc6)cc5c5cc(-c6ccccc6)ccc54)cc3C[C@@H]2C=C1c1cc2ccccc2c2ccccc12. The third kappa shape index (κ3) is 4.56. The lowest BCUT2D eigenvalue weighted by Crippen LogP contribution is -2.07. The molecule has 1 nitrogen and oxygen atoms in total. The largest absolute Gasteiger partial charge is 0.309 e. The lowest BCUT2D eigenvalue weighted by atomic mass is 9.83. The first-order chi connectivity index (χ1) is 25.8. The molecule has 0 bridgehead atoms. The normalized spacial score (nSPS) is 16.4. The van der Waals surface area contributed by atoms with Crippen molar-refractivity contribution in [1.29, 1.82) is 0 Å². The van der Waals surface area contributed by atoms with E-state index in [0.717, 1.165) is 6.42 Å². The fourth-order valence-electron chi connectivity index (χ4n) is 9.14. The summed E-state index contributed by atoms with van der Waals surface area (Å²) in [6, 6.07) is 62.7. The standard InChI is InChI=1S/C51H35N/c1-3-11-33(12-4-1)35-20-25-50-48(30-35)49-31-36(34-13-5-2-6-14-34)21-26-51(49)52(50)41-22-24-44-40(29-41)28-39-27-38(19-23-43(39)44)47-32-37-15-7-8-16-42(37)45-17-9-10-18-46(45)47/h1-27,29-32,39,43H,28H2/t39-,43?/m0/s1. The average Bonchev–Trinajstić information content (AvgIpc) is 3.75. The average molecular weight is 662 g/mol. The van der Waals surface area contributed by atoms with Gasteiger partial charge in [0.2, 0.25) is 0 Å². The molecule has 1 heteroatoms. The van der Waals surface area contributed by atoms with Crippen molar-refractivity contribution in [3.05, 3.63) is 205 Å². The molecular formula is C51H35N. The number of benzene rings is 8. The monoisotopic (exact) mass is 661 g/mol. The van der Waals surface area contributed by atoms with Gasteiger partial charge in [0.05, 0.1) is 11.0 Å². The molecule has 52 heavy (non-hydrogen) atoms. The fraction of sp³-hybridized carbons (Fsp3) is 0.0588. The molecule has 11 rings (SSSR count). The fourth-order valence-corrected chi connectivity index (χ4v) is 9.14. The zero-order valence-electron chi connectivity index (χ0n) is 28.7. The molecule has 0 saturated carbocycles. The van der Waals surface area contributed by atoms with Crippen molar-refractivity contribution in [2.24, 2.45) is 5.92 Å². The maximum Gasteiger partial charge on any atom is 0.0541 e. The minimum atomic E-state index is 0.402. The first-order valence-corrected chi connectivity index (χ1v) is 18.4. The Labute approximate surface area is 303 Å². The van der Waals surface area contributed by atoms with Gasteiger partial charge >= 0.3 is 0 Å². The van der Waals surface area contributed by atoms with Gasteiger partial charge in [-0.25, -0.2) is 0 Å². The Hall–Kier alpha value is -6.44. The summed E-state index contributed by atoms with van der Waals surface area (Å²) in [6.45, 7) is 0. The van der Waals surface area contributed by atoms with Crippen molar-refractivity contribution >= 4 is 48.9 Å². The first kappa shape index (κ1) is 29.3. The van der Waals surface area contributed by atoms with Crippen molar-refractivity contribution < 1.29 is 0 Å². The highest BCUT2D eigenvalue weighted by atomic mass is 15.0. The summed E-state index contributed by atoms with van der Waals surface area (Å²) in [5.41, 5.74) is 14.2. The molecular weight excluding hydrogens is 627 g/mol. The second-order valence-corrected chi connectivity index (χ2v) is 14.5. The first-order valence-electron chi connectivity index (χ1n) is 18.4. The minimum absolute atomic E-state index is 0.402. The van der Waals surface area contributed by atoms with Gasteiger partial charge in [0, 0.05) is 22.4 Å². The van der Waals surface area contributed by atoms with Crippen LogP contribution >= 0.6 is 0 Å². The third-order valence-electron chi connectivity index (χ3n) is 11.6. The van der Waals surface area contributed by atoms with Crippen molar-refractivity contribution in [2.45, 2.75) is 12.3 Å². The molecule has 1 unspecified atom stereocenters. The van der Waals surface area contributed by atoms with E-state index in [-0.39, 0.29) is 0 Å². The molecule has 8 aromatic carbocycles. The Bertz CT molecular complexity index is 2830. The summed E-state index contributed by atoms with van der Waals surface area (Å²) in [7, 11) is 0. The highest BCUT2D eigenvalue weighted by Gasteiger charge is 2.32. The van der Waals surface area contributed by atoms with E-state index in [2.05, 4.69) is 193 Å². The number of hydrogen-bond donors (Lipinski definition) is 0. The second kappa shape index (κ2) is 11.5. The van der Waals surface area contributed by atoms with Gasteiger partial charge in [-0.3, -0.25) is 0 Å². The van der Waals surface area contributed by atoms with Gasteiger partial charge in [-0.1, -0.05) is 146 Å². The number of allylic oxidation sites excluding steroid dienone is 4.